The van der Waals surface area contributed by atoms with Crippen LogP contribution in [0.1, 0.15) is 22.0 Å². The van der Waals surface area contributed by atoms with Crippen molar-refractivity contribution in [3.05, 3.63) is 28.4 Å². The number of aromatic nitrogens is 2. The third-order valence-electron chi connectivity index (χ3n) is 5.00. The van der Waals surface area contributed by atoms with Gasteiger partial charge in [0.05, 0.1) is 32.9 Å². The summed E-state index contributed by atoms with van der Waals surface area (Å²) in [5.74, 6) is 0.352. The van der Waals surface area contributed by atoms with Crippen molar-refractivity contribution in [1.29, 1.82) is 0 Å². The highest BCUT2D eigenvalue weighted by atomic mass is 32.1. The van der Waals surface area contributed by atoms with Crippen molar-refractivity contribution < 1.29 is 18.8 Å². The quantitative estimate of drug-likeness (QED) is 0.797. The van der Waals surface area contributed by atoms with E-state index in [2.05, 4.69) is 15.0 Å². The van der Waals surface area contributed by atoms with Gasteiger partial charge in [0.1, 0.15) is 5.01 Å². The third-order valence-corrected chi connectivity index (χ3v) is 5.76. The number of likely N-dealkylation sites (tertiary alicyclic amines) is 1. The molecule has 0 bridgehead atoms. The fourth-order valence-corrected chi connectivity index (χ4v) is 4.37. The van der Waals surface area contributed by atoms with Crippen LogP contribution in [0.4, 0.5) is 0 Å². The molecule has 0 saturated carbocycles. The van der Waals surface area contributed by atoms with Crippen LogP contribution in [-0.2, 0) is 11.3 Å². The third kappa shape index (κ3) is 3.60. The van der Waals surface area contributed by atoms with Crippen molar-refractivity contribution >= 4 is 17.2 Å². The second-order valence-electron chi connectivity index (χ2n) is 6.90. The summed E-state index contributed by atoms with van der Waals surface area (Å²) in [7, 11) is 1.50. The standard InChI is InChI=1S/C17H22N4O4S/c1-23-14-8-13(25-19-14)16(22)21-5-6-24-12-17(11-21)2-4-20(10-17)9-15-18-3-7-26-15/h3,7-8H,2,4-6,9-12H2,1H3. The van der Waals surface area contributed by atoms with Crippen molar-refractivity contribution in [2.75, 3.05) is 46.5 Å². The predicted octanol–water partition coefficient (Wildman–Crippen LogP) is 1.50. The molecule has 0 radical (unpaired) electrons. The van der Waals surface area contributed by atoms with Gasteiger partial charge in [-0.25, -0.2) is 4.98 Å². The summed E-state index contributed by atoms with van der Waals surface area (Å²) < 4.78 is 16.0. The molecule has 1 spiro atoms. The molecule has 2 fully saturated rings. The van der Waals surface area contributed by atoms with Gasteiger partial charge in [0.15, 0.2) is 0 Å². The summed E-state index contributed by atoms with van der Waals surface area (Å²) in [5, 5.41) is 6.85. The van der Waals surface area contributed by atoms with E-state index in [-0.39, 0.29) is 17.1 Å². The van der Waals surface area contributed by atoms with Crippen LogP contribution in [0.15, 0.2) is 22.2 Å². The molecule has 1 amide bonds. The topological polar surface area (TPSA) is 80.9 Å². The molecule has 2 aliphatic rings. The fourth-order valence-electron chi connectivity index (χ4n) is 3.71. The Hall–Kier alpha value is -1.97. The molecule has 2 aromatic heterocycles. The first kappa shape index (κ1) is 17.4. The van der Waals surface area contributed by atoms with E-state index in [9.17, 15) is 4.79 Å². The molecule has 4 heterocycles. The molecule has 2 aromatic rings. The molecule has 0 aliphatic carbocycles. The molecule has 1 unspecified atom stereocenters. The molecule has 1 atom stereocenters. The van der Waals surface area contributed by atoms with Gasteiger partial charge in [-0.15, -0.1) is 11.3 Å². The average Bonchev–Trinajstić information content (AvgIpc) is 3.36. The Bertz CT molecular complexity index is 750. The monoisotopic (exact) mass is 378 g/mol. The minimum absolute atomic E-state index is 0.0481. The van der Waals surface area contributed by atoms with Gasteiger partial charge < -0.3 is 18.9 Å². The zero-order valence-electron chi connectivity index (χ0n) is 14.7. The van der Waals surface area contributed by atoms with E-state index in [4.69, 9.17) is 14.0 Å². The zero-order valence-corrected chi connectivity index (χ0v) is 15.5. The maximum atomic E-state index is 12.8. The largest absolute Gasteiger partial charge is 0.479 e. The molecule has 4 rings (SSSR count). The van der Waals surface area contributed by atoms with Crippen LogP contribution < -0.4 is 4.74 Å². The number of methoxy groups -OCH3 is 1. The lowest BCUT2D eigenvalue weighted by molar-refractivity contribution is 0.0618. The molecule has 26 heavy (non-hydrogen) atoms. The smallest absolute Gasteiger partial charge is 0.292 e. The van der Waals surface area contributed by atoms with E-state index in [0.717, 1.165) is 31.1 Å². The number of hydrogen-bond acceptors (Lipinski definition) is 8. The fraction of sp³-hybridized carbons (Fsp3) is 0.588. The highest BCUT2D eigenvalue weighted by molar-refractivity contribution is 7.09. The van der Waals surface area contributed by atoms with Gasteiger partial charge in [-0.2, -0.15) is 0 Å². The first-order valence-electron chi connectivity index (χ1n) is 8.66. The average molecular weight is 378 g/mol. The Morgan fingerprint density at radius 2 is 2.35 bits per heavy atom. The first-order valence-corrected chi connectivity index (χ1v) is 9.54. The van der Waals surface area contributed by atoms with Crippen LogP contribution >= 0.6 is 11.3 Å². The van der Waals surface area contributed by atoms with Crippen molar-refractivity contribution in [2.45, 2.75) is 13.0 Å². The van der Waals surface area contributed by atoms with Crippen molar-refractivity contribution in [3.8, 4) is 5.88 Å². The molecule has 0 aromatic carbocycles. The minimum Gasteiger partial charge on any atom is -0.479 e. The van der Waals surface area contributed by atoms with E-state index < -0.39 is 0 Å². The van der Waals surface area contributed by atoms with Gasteiger partial charge in [0.2, 0.25) is 5.76 Å². The van der Waals surface area contributed by atoms with Gasteiger partial charge >= 0.3 is 0 Å². The number of nitrogens with zero attached hydrogens (tertiary/aromatic N) is 4. The number of hydrogen-bond donors (Lipinski definition) is 0. The van der Waals surface area contributed by atoms with Crippen molar-refractivity contribution in [2.24, 2.45) is 5.41 Å². The summed E-state index contributed by atoms with van der Waals surface area (Å²) in [5.41, 5.74) is -0.0481. The lowest BCUT2D eigenvalue weighted by atomic mass is 9.87. The SMILES string of the molecule is COc1cc(C(=O)N2CCOCC3(CCN(Cc4nccs4)C3)C2)on1. The Morgan fingerprint density at radius 1 is 1.42 bits per heavy atom. The molecule has 0 N–H and O–H groups in total. The van der Waals surface area contributed by atoms with E-state index in [1.54, 1.807) is 11.3 Å². The number of thiazole rings is 1. The molecule has 2 saturated heterocycles. The molecule has 8 nitrogen and oxygen atoms in total. The van der Waals surface area contributed by atoms with Gasteiger partial charge in [0, 0.05) is 36.6 Å². The van der Waals surface area contributed by atoms with Crippen LogP contribution in [0.25, 0.3) is 0 Å². The van der Waals surface area contributed by atoms with Crippen LogP contribution in [0.2, 0.25) is 0 Å². The number of carbonyl (C=O) groups excluding carboxylic acids is 1. The highest BCUT2D eigenvalue weighted by Crippen LogP contribution is 2.34. The second kappa shape index (κ2) is 7.34. The van der Waals surface area contributed by atoms with Gasteiger partial charge in [-0.3, -0.25) is 9.69 Å². The Kier molecular flexibility index (Phi) is 4.92. The van der Waals surface area contributed by atoms with Crippen LogP contribution in [0.5, 0.6) is 5.88 Å². The second-order valence-corrected chi connectivity index (χ2v) is 7.88. The Labute approximate surface area is 155 Å². The maximum absolute atomic E-state index is 12.8. The number of amides is 1. The van der Waals surface area contributed by atoms with Gasteiger partial charge in [-0.1, -0.05) is 0 Å². The van der Waals surface area contributed by atoms with E-state index in [1.807, 2.05) is 16.5 Å². The summed E-state index contributed by atoms with van der Waals surface area (Å²) in [6.07, 6.45) is 2.84. The number of carbonyl (C=O) groups is 1. The van der Waals surface area contributed by atoms with E-state index in [1.165, 1.54) is 13.2 Å². The van der Waals surface area contributed by atoms with Crippen LogP contribution in [-0.4, -0.2) is 72.4 Å². The first-order chi connectivity index (χ1) is 12.7. The number of rotatable bonds is 4. The minimum atomic E-state index is -0.163. The molecule has 2 aliphatic heterocycles. The molecular formula is C17H22N4O4S. The van der Waals surface area contributed by atoms with E-state index in [0.29, 0.717) is 32.2 Å². The summed E-state index contributed by atoms with van der Waals surface area (Å²) in [6.45, 7) is 5.15. The lowest BCUT2D eigenvalue weighted by Crippen LogP contribution is -2.43. The summed E-state index contributed by atoms with van der Waals surface area (Å²) in [4.78, 5) is 21.4. The summed E-state index contributed by atoms with van der Waals surface area (Å²) in [6, 6.07) is 1.53. The summed E-state index contributed by atoms with van der Waals surface area (Å²) >= 11 is 1.68. The van der Waals surface area contributed by atoms with Crippen molar-refractivity contribution in [1.82, 2.24) is 19.9 Å². The Morgan fingerprint density at radius 3 is 3.12 bits per heavy atom. The Balaban J connectivity index is 1.44. The van der Waals surface area contributed by atoms with Crippen LogP contribution in [0.3, 0.4) is 0 Å². The molecule has 9 heteroatoms. The zero-order chi connectivity index (χ0) is 18.0. The van der Waals surface area contributed by atoms with Gasteiger partial charge in [0.25, 0.3) is 11.8 Å². The van der Waals surface area contributed by atoms with Crippen molar-refractivity contribution in [3.63, 3.8) is 0 Å². The normalized spacial score (nSPS) is 24.1. The predicted molar refractivity (Wildman–Crippen MR) is 94.2 cm³/mol. The number of ether oxygens (including phenoxy) is 2. The molecule has 140 valence electrons. The molecular weight excluding hydrogens is 356 g/mol. The highest BCUT2D eigenvalue weighted by Gasteiger charge is 2.42. The van der Waals surface area contributed by atoms with Crippen LogP contribution in [0, 0.1) is 5.41 Å². The lowest BCUT2D eigenvalue weighted by Gasteiger charge is -2.31. The maximum Gasteiger partial charge on any atom is 0.292 e. The van der Waals surface area contributed by atoms with E-state index >= 15 is 0 Å². The van der Waals surface area contributed by atoms with Gasteiger partial charge in [-0.05, 0) is 18.1 Å².